The summed E-state index contributed by atoms with van der Waals surface area (Å²) in [4.78, 5) is 34.2. The number of amides is 1. The fourth-order valence-corrected chi connectivity index (χ4v) is 4.57. The molecular formula is C26H32N6O3. The highest BCUT2D eigenvalue weighted by molar-refractivity contribution is 5.90. The lowest BCUT2D eigenvalue weighted by molar-refractivity contribution is -0.384. The zero-order valence-electron chi connectivity index (χ0n) is 20.2. The third kappa shape index (κ3) is 6.44. The summed E-state index contributed by atoms with van der Waals surface area (Å²) < 4.78 is 0. The van der Waals surface area contributed by atoms with Gasteiger partial charge in [-0.25, -0.2) is 4.98 Å². The molecule has 1 aliphatic carbocycles. The van der Waals surface area contributed by atoms with Gasteiger partial charge in [0.2, 0.25) is 11.9 Å². The molecule has 1 aliphatic rings. The zero-order valence-corrected chi connectivity index (χ0v) is 20.2. The van der Waals surface area contributed by atoms with Crippen molar-refractivity contribution in [3.63, 3.8) is 0 Å². The van der Waals surface area contributed by atoms with Crippen molar-refractivity contribution in [3.8, 4) is 0 Å². The molecule has 9 heteroatoms. The van der Waals surface area contributed by atoms with E-state index in [1.807, 2.05) is 43.3 Å². The van der Waals surface area contributed by atoms with E-state index in [-0.39, 0.29) is 23.7 Å². The Morgan fingerprint density at radius 3 is 2.40 bits per heavy atom. The predicted molar refractivity (Wildman–Crippen MR) is 138 cm³/mol. The van der Waals surface area contributed by atoms with E-state index in [0.29, 0.717) is 18.8 Å². The summed E-state index contributed by atoms with van der Waals surface area (Å²) in [6.45, 7) is 0. The van der Waals surface area contributed by atoms with E-state index in [0.717, 1.165) is 54.4 Å². The number of rotatable bonds is 9. The van der Waals surface area contributed by atoms with Crippen LogP contribution in [-0.2, 0) is 11.2 Å². The molecule has 1 amide bonds. The van der Waals surface area contributed by atoms with Gasteiger partial charge in [-0.05, 0) is 56.2 Å². The quantitative estimate of drug-likeness (QED) is 0.346. The maximum absolute atomic E-state index is 12.4. The van der Waals surface area contributed by atoms with Crippen LogP contribution < -0.4 is 15.5 Å². The number of non-ortho nitro benzene ring substituents is 1. The summed E-state index contributed by atoms with van der Waals surface area (Å²) >= 11 is 0. The molecule has 2 N–H and O–H groups in total. The van der Waals surface area contributed by atoms with Crippen LogP contribution in [0.2, 0.25) is 0 Å². The van der Waals surface area contributed by atoms with E-state index >= 15 is 0 Å². The van der Waals surface area contributed by atoms with Gasteiger partial charge >= 0.3 is 0 Å². The molecule has 184 valence electrons. The molecule has 0 spiro atoms. The number of carbonyl (C=O) groups excluding carboxylic acids is 1. The Morgan fingerprint density at radius 1 is 1.03 bits per heavy atom. The van der Waals surface area contributed by atoms with Gasteiger partial charge in [0.15, 0.2) is 0 Å². The highest BCUT2D eigenvalue weighted by Crippen LogP contribution is 2.26. The molecule has 1 fully saturated rings. The maximum atomic E-state index is 12.4. The highest BCUT2D eigenvalue weighted by Gasteiger charge is 2.23. The van der Waals surface area contributed by atoms with Crippen molar-refractivity contribution >= 4 is 34.3 Å². The molecule has 0 radical (unpaired) electrons. The summed E-state index contributed by atoms with van der Waals surface area (Å²) in [6, 6.07) is 15.0. The first-order valence-corrected chi connectivity index (χ1v) is 12.1. The van der Waals surface area contributed by atoms with Gasteiger partial charge in [0, 0.05) is 50.1 Å². The number of hydrogen-bond donors (Lipinski definition) is 2. The van der Waals surface area contributed by atoms with Gasteiger partial charge < -0.3 is 15.5 Å². The minimum Gasteiger partial charge on any atom is -0.362 e. The van der Waals surface area contributed by atoms with Gasteiger partial charge in [0.05, 0.1) is 10.4 Å². The van der Waals surface area contributed by atoms with Gasteiger partial charge in [-0.15, -0.1) is 0 Å². The molecule has 1 heterocycles. The Hall–Kier alpha value is -3.75. The van der Waals surface area contributed by atoms with Gasteiger partial charge in [0.1, 0.15) is 5.82 Å². The van der Waals surface area contributed by atoms with Crippen molar-refractivity contribution in [2.75, 3.05) is 24.3 Å². The van der Waals surface area contributed by atoms with Gasteiger partial charge in [0.25, 0.3) is 5.69 Å². The van der Waals surface area contributed by atoms with Crippen molar-refractivity contribution in [2.45, 2.75) is 57.0 Å². The Balaban J connectivity index is 1.22. The number of anilines is 2. The fourth-order valence-electron chi connectivity index (χ4n) is 4.57. The summed E-state index contributed by atoms with van der Waals surface area (Å²) in [5.41, 5.74) is 2.01. The summed E-state index contributed by atoms with van der Waals surface area (Å²) in [5.74, 6) is 1.61. The Labute approximate surface area is 205 Å². The van der Waals surface area contributed by atoms with Gasteiger partial charge in [-0.3, -0.25) is 14.9 Å². The summed E-state index contributed by atoms with van der Waals surface area (Å²) in [5, 5.41) is 18.4. The molecule has 9 nitrogen and oxygen atoms in total. The van der Waals surface area contributed by atoms with Gasteiger partial charge in [-0.1, -0.05) is 24.3 Å². The smallest absolute Gasteiger partial charge is 0.269 e. The molecule has 0 unspecified atom stereocenters. The van der Waals surface area contributed by atoms with E-state index in [1.54, 1.807) is 12.1 Å². The molecular weight excluding hydrogens is 444 g/mol. The van der Waals surface area contributed by atoms with Crippen LogP contribution in [0.4, 0.5) is 17.5 Å². The SMILES string of the molecule is CN(C)c1nc(NC2CCC(NC(=O)CCCc3ccc([N+](=O)[O-])cc3)CC2)nc2ccccc12. The molecule has 0 atom stereocenters. The van der Waals surface area contributed by atoms with Crippen LogP contribution in [0.25, 0.3) is 10.9 Å². The monoisotopic (exact) mass is 476 g/mol. The topological polar surface area (TPSA) is 113 Å². The lowest BCUT2D eigenvalue weighted by Crippen LogP contribution is -2.40. The molecule has 35 heavy (non-hydrogen) atoms. The van der Waals surface area contributed by atoms with Crippen LogP contribution >= 0.6 is 0 Å². The van der Waals surface area contributed by atoms with Crippen molar-refractivity contribution in [1.29, 1.82) is 0 Å². The average molecular weight is 477 g/mol. The number of para-hydroxylation sites is 1. The van der Waals surface area contributed by atoms with Crippen molar-refractivity contribution < 1.29 is 9.72 Å². The number of aryl methyl sites for hydroxylation is 1. The number of hydrogen-bond acceptors (Lipinski definition) is 7. The van der Waals surface area contributed by atoms with Crippen LogP contribution in [-0.4, -0.2) is 47.0 Å². The third-order valence-corrected chi connectivity index (χ3v) is 6.45. The van der Waals surface area contributed by atoms with Crippen LogP contribution in [0.15, 0.2) is 48.5 Å². The standard InChI is InChI=1S/C26H32N6O3/c1-31(2)25-22-7-3-4-8-23(22)29-26(30-25)28-20-14-12-19(13-15-20)27-24(33)9-5-6-18-10-16-21(17-11-18)32(34)35/h3-4,7-8,10-11,16-17,19-20H,5-6,9,12-15H2,1-2H3,(H,27,33)(H,28,29,30). The van der Waals surface area contributed by atoms with Crippen LogP contribution in [0, 0.1) is 10.1 Å². The van der Waals surface area contributed by atoms with Gasteiger partial charge in [-0.2, -0.15) is 4.98 Å². The molecule has 0 aliphatic heterocycles. The first-order chi connectivity index (χ1) is 16.9. The van der Waals surface area contributed by atoms with Crippen molar-refractivity contribution in [2.24, 2.45) is 0 Å². The number of nitro groups is 1. The summed E-state index contributed by atoms with van der Waals surface area (Å²) in [7, 11) is 3.97. The Morgan fingerprint density at radius 2 is 1.71 bits per heavy atom. The normalized spacial score (nSPS) is 17.7. The second kappa shape index (κ2) is 11.1. The van der Waals surface area contributed by atoms with E-state index in [9.17, 15) is 14.9 Å². The maximum Gasteiger partial charge on any atom is 0.269 e. The largest absolute Gasteiger partial charge is 0.362 e. The molecule has 3 aromatic rings. The second-order valence-corrected chi connectivity index (χ2v) is 9.32. The lowest BCUT2D eigenvalue weighted by atomic mass is 9.91. The van der Waals surface area contributed by atoms with Crippen molar-refractivity contribution in [3.05, 3.63) is 64.2 Å². The first-order valence-electron chi connectivity index (χ1n) is 12.1. The number of nitro benzene ring substituents is 1. The van der Waals surface area contributed by atoms with Crippen LogP contribution in [0.5, 0.6) is 0 Å². The molecule has 0 saturated heterocycles. The predicted octanol–water partition coefficient (Wildman–Crippen LogP) is 4.47. The minimum absolute atomic E-state index is 0.0665. The third-order valence-electron chi connectivity index (χ3n) is 6.45. The number of benzene rings is 2. The molecule has 1 aromatic heterocycles. The Bertz CT molecular complexity index is 1170. The van der Waals surface area contributed by atoms with E-state index in [1.165, 1.54) is 12.1 Å². The number of fused-ring (bicyclic) bond motifs is 1. The van der Waals surface area contributed by atoms with E-state index < -0.39 is 4.92 Å². The second-order valence-electron chi connectivity index (χ2n) is 9.32. The molecule has 1 saturated carbocycles. The summed E-state index contributed by atoms with van der Waals surface area (Å²) in [6.07, 6.45) is 5.62. The van der Waals surface area contributed by atoms with Crippen LogP contribution in [0.1, 0.15) is 44.1 Å². The number of nitrogens with one attached hydrogen (secondary N) is 2. The number of nitrogens with zero attached hydrogens (tertiary/aromatic N) is 4. The van der Waals surface area contributed by atoms with Crippen LogP contribution in [0.3, 0.4) is 0 Å². The average Bonchev–Trinajstić information content (AvgIpc) is 2.85. The molecule has 0 bridgehead atoms. The number of aromatic nitrogens is 2. The lowest BCUT2D eigenvalue weighted by Gasteiger charge is -2.30. The first kappa shape index (κ1) is 24.4. The fraction of sp³-hybridized carbons (Fsp3) is 0.423. The molecule has 4 rings (SSSR count). The Kier molecular flexibility index (Phi) is 7.74. The highest BCUT2D eigenvalue weighted by atomic mass is 16.6. The number of carbonyl (C=O) groups is 1. The van der Waals surface area contributed by atoms with E-state index in [2.05, 4.69) is 10.6 Å². The molecule has 2 aromatic carbocycles. The zero-order chi connectivity index (χ0) is 24.8. The minimum atomic E-state index is -0.405. The van der Waals surface area contributed by atoms with Crippen molar-refractivity contribution in [1.82, 2.24) is 15.3 Å². The van der Waals surface area contributed by atoms with E-state index in [4.69, 9.17) is 9.97 Å².